The third kappa shape index (κ3) is 3.62. The van der Waals surface area contributed by atoms with Gasteiger partial charge in [0, 0.05) is 27.2 Å². The number of carbonyl (C=O) groups excluding carboxylic acids is 1. The molecule has 0 radical (unpaired) electrons. The van der Waals surface area contributed by atoms with Crippen LogP contribution >= 0.6 is 11.3 Å². The highest BCUT2D eigenvalue weighted by atomic mass is 32.1. The number of hydrogen-bond acceptors (Lipinski definition) is 6. The van der Waals surface area contributed by atoms with Crippen molar-refractivity contribution in [2.75, 3.05) is 44.5 Å². The normalized spacial score (nSPS) is 10.1. The summed E-state index contributed by atoms with van der Waals surface area (Å²) in [5, 5.41) is 12.7. The van der Waals surface area contributed by atoms with E-state index in [1.54, 1.807) is 7.11 Å². The van der Waals surface area contributed by atoms with Crippen LogP contribution in [-0.4, -0.2) is 39.8 Å². The van der Waals surface area contributed by atoms with Gasteiger partial charge in [-0.05, 0) is 6.42 Å². The summed E-state index contributed by atoms with van der Waals surface area (Å²) in [5.74, 6) is -0.225. The average molecular weight is 296 g/mol. The Hall–Kier alpha value is -1.78. The number of anilines is 2. The van der Waals surface area contributed by atoms with E-state index in [1.165, 1.54) is 11.3 Å². The van der Waals surface area contributed by atoms with Crippen LogP contribution in [0.3, 0.4) is 0 Å². The van der Waals surface area contributed by atoms with Crippen molar-refractivity contribution in [2.24, 2.45) is 0 Å². The predicted molar refractivity (Wildman–Crippen MR) is 81.2 cm³/mol. The van der Waals surface area contributed by atoms with Gasteiger partial charge in [-0.25, -0.2) is 0 Å². The first-order valence-electron chi connectivity index (χ1n) is 6.37. The Labute approximate surface area is 123 Å². The Bertz CT molecular complexity index is 507. The minimum atomic E-state index is -0.225. The van der Waals surface area contributed by atoms with Gasteiger partial charge in [-0.2, -0.15) is 5.26 Å². The summed E-state index contributed by atoms with van der Waals surface area (Å²) in [7, 11) is 3.46. The molecule has 1 aromatic rings. The van der Waals surface area contributed by atoms with Crippen LogP contribution < -0.4 is 16.0 Å². The number of thiophene rings is 1. The summed E-state index contributed by atoms with van der Waals surface area (Å²) in [6, 6.07) is 2.08. The Morgan fingerprint density at radius 1 is 1.60 bits per heavy atom. The second-order valence-electron chi connectivity index (χ2n) is 4.31. The predicted octanol–water partition coefficient (Wildman–Crippen LogP) is 1.42. The van der Waals surface area contributed by atoms with Gasteiger partial charge in [-0.1, -0.05) is 6.92 Å². The molecule has 110 valence electrons. The first-order chi connectivity index (χ1) is 9.56. The second kappa shape index (κ2) is 7.72. The maximum absolute atomic E-state index is 12.0. The molecule has 1 rings (SSSR count). The summed E-state index contributed by atoms with van der Waals surface area (Å²) >= 11 is 1.24. The van der Waals surface area contributed by atoms with Gasteiger partial charge in [0.1, 0.15) is 21.5 Å². The smallest absolute Gasteiger partial charge is 0.263 e. The number of nitrogen functional groups attached to an aromatic ring is 1. The molecule has 0 saturated carbocycles. The molecule has 3 N–H and O–H groups in total. The lowest BCUT2D eigenvalue weighted by Gasteiger charge is -2.16. The summed E-state index contributed by atoms with van der Waals surface area (Å²) < 4.78 is 5.01. The minimum absolute atomic E-state index is 0.225. The fourth-order valence-corrected chi connectivity index (χ4v) is 2.70. The number of nitrogens with zero attached hydrogens (tertiary/aromatic N) is 2. The molecule has 0 aliphatic heterocycles. The van der Waals surface area contributed by atoms with Crippen LogP contribution in [0.15, 0.2) is 0 Å². The van der Waals surface area contributed by atoms with Gasteiger partial charge < -0.3 is 20.7 Å². The molecule has 0 unspecified atom stereocenters. The van der Waals surface area contributed by atoms with Gasteiger partial charge in [-0.3, -0.25) is 4.79 Å². The molecule has 1 aromatic heterocycles. The van der Waals surface area contributed by atoms with Gasteiger partial charge in [0.05, 0.1) is 12.3 Å². The summed E-state index contributed by atoms with van der Waals surface area (Å²) in [6.45, 7) is 3.73. The van der Waals surface area contributed by atoms with Gasteiger partial charge >= 0.3 is 0 Å². The average Bonchev–Trinajstić information content (AvgIpc) is 2.79. The molecule has 0 aliphatic rings. The second-order valence-corrected chi connectivity index (χ2v) is 5.31. The first-order valence-corrected chi connectivity index (χ1v) is 7.19. The molecule has 0 bridgehead atoms. The van der Waals surface area contributed by atoms with Gasteiger partial charge in [-0.15, -0.1) is 11.3 Å². The van der Waals surface area contributed by atoms with E-state index >= 15 is 0 Å². The quantitative estimate of drug-likeness (QED) is 0.794. The number of carbonyl (C=O) groups is 1. The lowest BCUT2D eigenvalue weighted by Crippen LogP contribution is -2.23. The molecule has 7 heteroatoms. The van der Waals surface area contributed by atoms with Crippen LogP contribution in [0.25, 0.3) is 0 Å². The van der Waals surface area contributed by atoms with Crippen LogP contribution in [0.1, 0.15) is 28.6 Å². The minimum Gasteiger partial charge on any atom is -0.396 e. The van der Waals surface area contributed by atoms with E-state index in [4.69, 9.17) is 10.5 Å². The third-order valence-corrected chi connectivity index (χ3v) is 4.08. The number of methoxy groups -OCH3 is 1. The summed E-state index contributed by atoms with van der Waals surface area (Å²) in [6.07, 6.45) is 0.850. The van der Waals surface area contributed by atoms with Crippen molar-refractivity contribution < 1.29 is 9.53 Å². The highest BCUT2D eigenvalue weighted by Crippen LogP contribution is 2.37. The fraction of sp³-hybridized carbons (Fsp3) is 0.538. The zero-order valence-corrected chi connectivity index (χ0v) is 12.8. The Kier molecular flexibility index (Phi) is 6.28. The molecule has 0 aliphatic carbocycles. The van der Waals surface area contributed by atoms with Crippen molar-refractivity contribution in [3.8, 4) is 6.07 Å². The maximum atomic E-state index is 12.0. The SMILES string of the molecule is CCCNC(=O)c1sc(N(C)CCOC)c(C#N)c1N. The van der Waals surface area contributed by atoms with Crippen molar-refractivity contribution >= 4 is 27.9 Å². The van der Waals surface area contributed by atoms with Crippen molar-refractivity contribution in [1.82, 2.24) is 5.32 Å². The van der Waals surface area contributed by atoms with E-state index < -0.39 is 0 Å². The van der Waals surface area contributed by atoms with Gasteiger partial charge in [0.25, 0.3) is 5.91 Å². The van der Waals surface area contributed by atoms with E-state index in [0.29, 0.717) is 35.1 Å². The number of nitrogens with two attached hydrogens (primary N) is 1. The number of rotatable bonds is 7. The molecule has 20 heavy (non-hydrogen) atoms. The van der Waals surface area contributed by atoms with E-state index in [2.05, 4.69) is 11.4 Å². The van der Waals surface area contributed by atoms with Crippen molar-refractivity contribution in [3.63, 3.8) is 0 Å². The summed E-state index contributed by atoms with van der Waals surface area (Å²) in [4.78, 5) is 14.3. The number of ether oxygens (including phenoxy) is 1. The van der Waals surface area contributed by atoms with E-state index in [9.17, 15) is 10.1 Å². The van der Waals surface area contributed by atoms with Crippen LogP contribution in [0.5, 0.6) is 0 Å². The molecule has 0 atom stereocenters. The molecular weight excluding hydrogens is 276 g/mol. The number of nitrogens with one attached hydrogen (secondary N) is 1. The monoisotopic (exact) mass is 296 g/mol. The van der Waals surface area contributed by atoms with Crippen molar-refractivity contribution in [1.29, 1.82) is 5.26 Å². The lowest BCUT2D eigenvalue weighted by molar-refractivity contribution is 0.0958. The molecule has 1 amide bonds. The third-order valence-electron chi connectivity index (χ3n) is 2.76. The Morgan fingerprint density at radius 3 is 2.85 bits per heavy atom. The molecule has 0 aromatic carbocycles. The number of nitriles is 1. The molecule has 6 nitrogen and oxygen atoms in total. The standard InChI is InChI=1S/C13H20N4O2S/c1-4-5-16-12(18)11-10(15)9(8-14)13(20-11)17(2)6-7-19-3/h4-7,15H2,1-3H3,(H,16,18). The molecule has 1 heterocycles. The molecule has 0 saturated heterocycles. The van der Waals surface area contributed by atoms with Crippen LogP contribution in [0, 0.1) is 11.3 Å². The first kappa shape index (κ1) is 16.3. The van der Waals surface area contributed by atoms with E-state index in [-0.39, 0.29) is 11.6 Å². The molecular formula is C13H20N4O2S. The van der Waals surface area contributed by atoms with Gasteiger partial charge in [0.15, 0.2) is 0 Å². The molecule has 0 spiro atoms. The largest absolute Gasteiger partial charge is 0.396 e. The van der Waals surface area contributed by atoms with Crippen LogP contribution in [0.4, 0.5) is 10.7 Å². The Balaban J connectivity index is 3.02. The number of amides is 1. The topological polar surface area (TPSA) is 91.4 Å². The summed E-state index contributed by atoms with van der Waals surface area (Å²) in [5.41, 5.74) is 6.53. The zero-order chi connectivity index (χ0) is 15.1. The van der Waals surface area contributed by atoms with Crippen LogP contribution in [0.2, 0.25) is 0 Å². The highest BCUT2D eigenvalue weighted by Gasteiger charge is 2.22. The maximum Gasteiger partial charge on any atom is 0.263 e. The fourth-order valence-electron chi connectivity index (χ4n) is 1.63. The van der Waals surface area contributed by atoms with Crippen molar-refractivity contribution in [3.05, 3.63) is 10.4 Å². The van der Waals surface area contributed by atoms with E-state index in [0.717, 1.165) is 6.42 Å². The molecule has 0 fully saturated rings. The number of likely N-dealkylation sites (N-methyl/N-ethyl adjacent to an activating group) is 1. The number of hydrogen-bond donors (Lipinski definition) is 2. The van der Waals surface area contributed by atoms with E-state index in [1.807, 2.05) is 18.9 Å². The Morgan fingerprint density at radius 2 is 2.30 bits per heavy atom. The highest BCUT2D eigenvalue weighted by molar-refractivity contribution is 7.19. The lowest BCUT2D eigenvalue weighted by atomic mass is 10.2. The van der Waals surface area contributed by atoms with Gasteiger partial charge in [0.2, 0.25) is 0 Å². The van der Waals surface area contributed by atoms with Crippen molar-refractivity contribution in [2.45, 2.75) is 13.3 Å². The zero-order valence-electron chi connectivity index (χ0n) is 12.0. The van der Waals surface area contributed by atoms with Crippen LogP contribution in [-0.2, 0) is 4.74 Å².